The van der Waals surface area contributed by atoms with Crippen molar-refractivity contribution in [2.75, 3.05) is 13.7 Å². The lowest BCUT2D eigenvalue weighted by molar-refractivity contribution is 0.211. The maximum atomic E-state index is 5.86. The van der Waals surface area contributed by atoms with E-state index in [0.29, 0.717) is 6.61 Å². The summed E-state index contributed by atoms with van der Waals surface area (Å²) in [6, 6.07) is 8.00. The first kappa shape index (κ1) is 13.4. The normalized spacial score (nSPS) is 20.3. The third kappa shape index (κ3) is 3.25. The molecule has 0 radical (unpaired) electrons. The second-order valence-electron chi connectivity index (χ2n) is 4.58. The van der Waals surface area contributed by atoms with Gasteiger partial charge in [0.25, 0.3) is 0 Å². The van der Waals surface area contributed by atoms with E-state index in [-0.39, 0.29) is 5.92 Å². The Morgan fingerprint density at radius 1 is 1.26 bits per heavy atom. The van der Waals surface area contributed by atoms with Crippen molar-refractivity contribution in [2.45, 2.75) is 13.8 Å². The topological polar surface area (TPSA) is 30.8 Å². The van der Waals surface area contributed by atoms with Crippen LogP contribution in [0.5, 0.6) is 5.75 Å². The number of allylic oxidation sites excluding steroid dienone is 3. The fraction of sp³-hybridized carbons (Fsp3) is 0.312. The van der Waals surface area contributed by atoms with E-state index in [9.17, 15) is 0 Å². The van der Waals surface area contributed by atoms with Crippen LogP contribution in [0.4, 0.5) is 0 Å². The van der Waals surface area contributed by atoms with Gasteiger partial charge in [-0.25, -0.2) is 0 Å². The van der Waals surface area contributed by atoms with Gasteiger partial charge in [-0.15, -0.1) is 0 Å². The summed E-state index contributed by atoms with van der Waals surface area (Å²) in [5, 5.41) is 4.10. The minimum absolute atomic E-state index is 0.250. The van der Waals surface area contributed by atoms with Crippen molar-refractivity contribution in [3.8, 4) is 5.75 Å². The molecule has 1 aliphatic carbocycles. The van der Waals surface area contributed by atoms with Gasteiger partial charge in [0.05, 0.1) is 5.71 Å². The zero-order valence-electron chi connectivity index (χ0n) is 11.6. The summed E-state index contributed by atoms with van der Waals surface area (Å²) in [5.74, 6) is 1.16. The Morgan fingerprint density at radius 3 is 2.79 bits per heavy atom. The monoisotopic (exact) mass is 257 g/mol. The molecule has 1 aliphatic rings. The van der Waals surface area contributed by atoms with Gasteiger partial charge in [0, 0.05) is 11.5 Å². The zero-order valence-corrected chi connectivity index (χ0v) is 11.6. The van der Waals surface area contributed by atoms with Crippen LogP contribution in [0.15, 0.2) is 53.2 Å². The van der Waals surface area contributed by atoms with Gasteiger partial charge in [-0.05, 0) is 18.6 Å². The van der Waals surface area contributed by atoms with E-state index in [1.807, 2.05) is 43.3 Å². The highest BCUT2D eigenvalue weighted by atomic mass is 16.6. The molecule has 1 atom stereocenters. The average molecular weight is 257 g/mol. The first-order valence-electron chi connectivity index (χ1n) is 6.39. The Balaban J connectivity index is 2.10. The molecule has 1 aromatic carbocycles. The van der Waals surface area contributed by atoms with E-state index in [0.717, 1.165) is 22.6 Å². The lowest BCUT2D eigenvalue weighted by Crippen LogP contribution is -2.20. The van der Waals surface area contributed by atoms with Crippen LogP contribution in [-0.4, -0.2) is 19.4 Å². The Labute approximate surface area is 114 Å². The van der Waals surface area contributed by atoms with Crippen LogP contribution in [0.2, 0.25) is 0 Å². The molecule has 1 aromatic rings. The van der Waals surface area contributed by atoms with E-state index in [4.69, 9.17) is 9.57 Å². The van der Waals surface area contributed by atoms with Gasteiger partial charge in [0.2, 0.25) is 0 Å². The third-order valence-corrected chi connectivity index (χ3v) is 3.12. The van der Waals surface area contributed by atoms with Crippen LogP contribution in [0.1, 0.15) is 12.5 Å². The highest BCUT2D eigenvalue weighted by Crippen LogP contribution is 2.20. The first-order valence-corrected chi connectivity index (χ1v) is 6.39. The molecule has 2 rings (SSSR count). The number of nitrogens with zero attached hydrogens (tertiary/aromatic N) is 1. The first-order chi connectivity index (χ1) is 9.22. The van der Waals surface area contributed by atoms with E-state index >= 15 is 0 Å². The summed E-state index contributed by atoms with van der Waals surface area (Å²) in [5.41, 5.74) is 3.12. The minimum atomic E-state index is 0.250. The summed E-state index contributed by atoms with van der Waals surface area (Å²) in [6.45, 7) is 4.63. The van der Waals surface area contributed by atoms with Gasteiger partial charge >= 0.3 is 0 Å². The SMILES string of the molecule is CON=C1C(COc2ccccc2C)=CC=CC1C. The molecular weight excluding hydrogens is 238 g/mol. The Morgan fingerprint density at radius 2 is 2.05 bits per heavy atom. The van der Waals surface area contributed by atoms with Crippen LogP contribution in [0, 0.1) is 12.8 Å². The predicted molar refractivity (Wildman–Crippen MR) is 77.5 cm³/mol. The number of ether oxygens (including phenoxy) is 1. The predicted octanol–water partition coefficient (Wildman–Crippen LogP) is 3.51. The van der Waals surface area contributed by atoms with Crippen molar-refractivity contribution in [1.82, 2.24) is 0 Å². The maximum absolute atomic E-state index is 5.86. The van der Waals surface area contributed by atoms with E-state index < -0.39 is 0 Å². The number of oxime groups is 1. The molecule has 100 valence electrons. The second-order valence-corrected chi connectivity index (χ2v) is 4.58. The van der Waals surface area contributed by atoms with E-state index in [2.05, 4.69) is 18.2 Å². The van der Waals surface area contributed by atoms with Crippen molar-refractivity contribution in [1.29, 1.82) is 0 Å². The molecule has 0 spiro atoms. The molecule has 0 amide bonds. The molecule has 3 heteroatoms. The Hall–Kier alpha value is -2.03. The molecule has 0 fully saturated rings. The van der Waals surface area contributed by atoms with Crippen molar-refractivity contribution in [3.63, 3.8) is 0 Å². The van der Waals surface area contributed by atoms with Crippen LogP contribution in [0.3, 0.4) is 0 Å². The van der Waals surface area contributed by atoms with Gasteiger partial charge in [-0.2, -0.15) is 0 Å². The van der Waals surface area contributed by atoms with Gasteiger partial charge < -0.3 is 9.57 Å². The molecule has 0 aliphatic heterocycles. The van der Waals surface area contributed by atoms with Crippen molar-refractivity contribution >= 4 is 5.71 Å². The van der Waals surface area contributed by atoms with Gasteiger partial charge in [0.15, 0.2) is 0 Å². The van der Waals surface area contributed by atoms with E-state index in [1.54, 1.807) is 7.11 Å². The number of hydrogen-bond donors (Lipinski definition) is 0. The number of benzene rings is 1. The molecule has 0 N–H and O–H groups in total. The summed E-state index contributed by atoms with van der Waals surface area (Å²) in [4.78, 5) is 4.92. The van der Waals surface area contributed by atoms with Crippen molar-refractivity contribution < 1.29 is 9.57 Å². The van der Waals surface area contributed by atoms with Gasteiger partial charge in [-0.3, -0.25) is 0 Å². The van der Waals surface area contributed by atoms with Crippen LogP contribution < -0.4 is 4.74 Å². The van der Waals surface area contributed by atoms with Crippen molar-refractivity contribution in [2.24, 2.45) is 11.1 Å². The Kier molecular flexibility index (Phi) is 4.39. The highest BCUT2D eigenvalue weighted by Gasteiger charge is 2.17. The van der Waals surface area contributed by atoms with Gasteiger partial charge in [0.1, 0.15) is 19.5 Å². The molecule has 0 saturated heterocycles. The highest BCUT2D eigenvalue weighted by molar-refractivity contribution is 6.03. The number of hydrogen-bond acceptors (Lipinski definition) is 3. The standard InChI is InChI=1S/C16H19NO2/c1-12-7-4-5-10-15(12)19-11-14-9-6-8-13(2)16(14)17-18-3/h4-10,13H,11H2,1-3H3. The summed E-state index contributed by atoms with van der Waals surface area (Å²) >= 11 is 0. The molecule has 0 aromatic heterocycles. The molecule has 0 heterocycles. The third-order valence-electron chi connectivity index (χ3n) is 3.12. The molecule has 3 nitrogen and oxygen atoms in total. The summed E-state index contributed by atoms with van der Waals surface area (Å²) < 4.78 is 5.86. The average Bonchev–Trinajstić information content (AvgIpc) is 2.41. The minimum Gasteiger partial charge on any atom is -0.489 e. The summed E-state index contributed by atoms with van der Waals surface area (Å²) in [7, 11) is 1.57. The molecule has 19 heavy (non-hydrogen) atoms. The van der Waals surface area contributed by atoms with E-state index in [1.165, 1.54) is 0 Å². The lowest BCUT2D eigenvalue weighted by Gasteiger charge is -2.18. The van der Waals surface area contributed by atoms with Crippen LogP contribution in [-0.2, 0) is 4.84 Å². The number of para-hydroxylation sites is 1. The second kappa shape index (κ2) is 6.23. The number of aryl methyl sites for hydroxylation is 1. The fourth-order valence-electron chi connectivity index (χ4n) is 2.04. The maximum Gasteiger partial charge on any atom is 0.122 e. The molecular formula is C16H19NO2. The quantitative estimate of drug-likeness (QED) is 0.773. The largest absolute Gasteiger partial charge is 0.489 e. The Bertz CT molecular complexity index is 529. The van der Waals surface area contributed by atoms with Crippen LogP contribution in [0.25, 0.3) is 0 Å². The zero-order chi connectivity index (χ0) is 13.7. The molecule has 1 unspecified atom stereocenters. The van der Waals surface area contributed by atoms with Gasteiger partial charge in [-0.1, -0.05) is 48.5 Å². The fourth-order valence-corrected chi connectivity index (χ4v) is 2.04. The lowest BCUT2D eigenvalue weighted by atomic mass is 9.94. The van der Waals surface area contributed by atoms with Crippen LogP contribution >= 0.6 is 0 Å². The van der Waals surface area contributed by atoms with Crippen molar-refractivity contribution in [3.05, 3.63) is 53.6 Å². The smallest absolute Gasteiger partial charge is 0.122 e. The molecule has 0 bridgehead atoms. The number of rotatable bonds is 4. The summed E-state index contributed by atoms with van der Waals surface area (Å²) in [6.07, 6.45) is 6.15. The molecule has 0 saturated carbocycles.